The van der Waals surface area contributed by atoms with Gasteiger partial charge in [-0.2, -0.15) is 4.36 Å². The lowest BCUT2D eigenvalue weighted by atomic mass is 10.2. The van der Waals surface area contributed by atoms with Crippen LogP contribution in [0.4, 0.5) is 11.4 Å². The van der Waals surface area contributed by atoms with Crippen LogP contribution in [0.25, 0.3) is 0 Å². The number of nitrogens with zero attached hydrogens (tertiary/aromatic N) is 2. The number of guanidine groups is 1. The molecule has 4 nitrogen and oxygen atoms in total. The zero-order valence-electron chi connectivity index (χ0n) is 11.3. The van der Waals surface area contributed by atoms with Crippen LogP contribution in [0.3, 0.4) is 0 Å². The van der Waals surface area contributed by atoms with Crippen LogP contribution in [0.2, 0.25) is 0 Å². The molecule has 5 heteroatoms. The van der Waals surface area contributed by atoms with E-state index in [9.17, 15) is 4.21 Å². The van der Waals surface area contributed by atoms with Gasteiger partial charge in [0.05, 0.1) is 20.3 Å². The van der Waals surface area contributed by atoms with Crippen molar-refractivity contribution in [2.75, 3.05) is 11.6 Å². The van der Waals surface area contributed by atoms with Crippen LogP contribution in [-0.2, 0) is 9.73 Å². The number of rotatable bonds is 1. The van der Waals surface area contributed by atoms with Crippen molar-refractivity contribution in [2.24, 2.45) is 9.36 Å². The number of benzene rings is 2. The molecule has 0 aromatic heterocycles. The van der Waals surface area contributed by atoms with Crippen LogP contribution >= 0.6 is 0 Å². The van der Waals surface area contributed by atoms with Crippen molar-refractivity contribution in [1.29, 1.82) is 0 Å². The molecular weight excluding hydrogens is 270 g/mol. The van der Waals surface area contributed by atoms with Gasteiger partial charge in [-0.15, -0.1) is 0 Å². The Morgan fingerprint density at radius 3 is 2.60 bits per heavy atom. The number of para-hydroxylation sites is 1. The van der Waals surface area contributed by atoms with Gasteiger partial charge in [0.2, 0.25) is 5.96 Å². The maximum absolute atomic E-state index is 12.7. The zero-order chi connectivity index (χ0) is 14.2. The molecule has 0 bridgehead atoms. The summed E-state index contributed by atoms with van der Waals surface area (Å²) in [6, 6.07) is 15.3. The summed E-state index contributed by atoms with van der Waals surface area (Å²) in [5.41, 5.74) is 2.69. The van der Waals surface area contributed by atoms with Crippen molar-refractivity contribution in [2.45, 2.75) is 11.8 Å². The molecule has 1 heterocycles. The van der Waals surface area contributed by atoms with E-state index in [0.717, 1.165) is 16.9 Å². The molecule has 1 atom stereocenters. The summed E-state index contributed by atoms with van der Waals surface area (Å²) in [6.45, 7) is 1.99. The highest BCUT2D eigenvalue weighted by atomic mass is 32.2. The van der Waals surface area contributed by atoms with Crippen LogP contribution in [0, 0.1) is 6.92 Å². The van der Waals surface area contributed by atoms with E-state index in [2.05, 4.69) is 14.7 Å². The highest BCUT2D eigenvalue weighted by Gasteiger charge is 2.18. The molecule has 3 rings (SSSR count). The Labute approximate surface area is 118 Å². The zero-order valence-corrected chi connectivity index (χ0v) is 12.1. The van der Waals surface area contributed by atoms with Crippen molar-refractivity contribution < 1.29 is 4.21 Å². The summed E-state index contributed by atoms with van der Waals surface area (Å²) >= 11 is 0. The average Bonchev–Trinajstić information content (AvgIpc) is 2.38. The molecule has 0 saturated heterocycles. The molecule has 102 valence electrons. The van der Waals surface area contributed by atoms with Gasteiger partial charge < -0.3 is 5.32 Å². The van der Waals surface area contributed by atoms with Gasteiger partial charge in [-0.05, 0) is 36.8 Å². The van der Waals surface area contributed by atoms with E-state index in [1.165, 1.54) is 0 Å². The fourth-order valence-corrected chi connectivity index (χ4v) is 3.41. The number of aliphatic imine (C=N–C) groups is 1. The SMILES string of the molecule is Cc1ccc2c(c1)N=C(Nc1ccccc1)N=S2(C)=O. The first kappa shape index (κ1) is 12.9. The molecule has 1 aliphatic rings. The van der Waals surface area contributed by atoms with Crippen LogP contribution in [0.1, 0.15) is 5.56 Å². The Morgan fingerprint density at radius 1 is 1.10 bits per heavy atom. The van der Waals surface area contributed by atoms with Gasteiger partial charge in [-0.1, -0.05) is 24.3 Å². The van der Waals surface area contributed by atoms with Crippen molar-refractivity contribution in [3.8, 4) is 0 Å². The molecule has 2 aromatic carbocycles. The Morgan fingerprint density at radius 2 is 1.85 bits per heavy atom. The van der Waals surface area contributed by atoms with E-state index in [1.54, 1.807) is 6.26 Å². The second-order valence-electron chi connectivity index (χ2n) is 4.79. The summed E-state index contributed by atoms with van der Waals surface area (Å²) < 4.78 is 16.9. The lowest BCUT2D eigenvalue weighted by Gasteiger charge is -2.16. The second kappa shape index (κ2) is 4.76. The number of aryl methyl sites for hydroxylation is 1. The topological polar surface area (TPSA) is 53.8 Å². The summed E-state index contributed by atoms with van der Waals surface area (Å²) in [5.74, 6) is 0.391. The summed E-state index contributed by atoms with van der Waals surface area (Å²) in [4.78, 5) is 5.15. The normalized spacial score (nSPS) is 20.6. The molecule has 20 heavy (non-hydrogen) atoms. The molecule has 2 aromatic rings. The maximum atomic E-state index is 12.7. The third kappa shape index (κ3) is 2.44. The second-order valence-corrected chi connectivity index (χ2v) is 7.02. The van der Waals surface area contributed by atoms with Crippen LogP contribution in [0.15, 0.2) is 62.8 Å². The molecule has 1 aliphatic heterocycles. The Bertz CT molecular complexity index is 803. The first-order valence-corrected chi connectivity index (χ1v) is 8.20. The van der Waals surface area contributed by atoms with Gasteiger partial charge in [0.25, 0.3) is 0 Å². The Balaban J connectivity index is 2.06. The number of hydrogen-bond acceptors (Lipinski definition) is 4. The predicted molar refractivity (Wildman–Crippen MR) is 83.1 cm³/mol. The lowest BCUT2D eigenvalue weighted by Crippen LogP contribution is -2.15. The van der Waals surface area contributed by atoms with Gasteiger partial charge in [0, 0.05) is 11.9 Å². The van der Waals surface area contributed by atoms with Gasteiger partial charge >= 0.3 is 0 Å². The summed E-state index contributed by atoms with van der Waals surface area (Å²) in [6.07, 6.45) is 1.64. The third-order valence-electron chi connectivity index (χ3n) is 3.04. The third-order valence-corrected chi connectivity index (χ3v) is 4.72. The van der Waals surface area contributed by atoms with Crippen molar-refractivity contribution >= 4 is 27.1 Å². The molecule has 1 N–H and O–H groups in total. The van der Waals surface area contributed by atoms with Gasteiger partial charge in [-0.3, -0.25) is 0 Å². The molecule has 1 unspecified atom stereocenters. The first-order chi connectivity index (χ1) is 9.54. The van der Waals surface area contributed by atoms with Gasteiger partial charge in [0.1, 0.15) is 0 Å². The van der Waals surface area contributed by atoms with Crippen LogP contribution in [0.5, 0.6) is 0 Å². The molecule has 0 saturated carbocycles. The van der Waals surface area contributed by atoms with Gasteiger partial charge in [0.15, 0.2) is 0 Å². The number of hydrogen-bond donors (Lipinski definition) is 1. The Kier molecular flexibility index (Phi) is 3.06. The minimum atomic E-state index is -2.45. The van der Waals surface area contributed by atoms with E-state index in [1.807, 2.05) is 55.5 Å². The largest absolute Gasteiger partial charge is 0.324 e. The fraction of sp³-hybridized carbons (Fsp3) is 0.133. The quantitative estimate of drug-likeness (QED) is 0.871. The number of fused-ring (bicyclic) bond motifs is 1. The molecule has 0 aliphatic carbocycles. The minimum Gasteiger partial charge on any atom is -0.324 e. The van der Waals surface area contributed by atoms with Crippen molar-refractivity contribution in [1.82, 2.24) is 0 Å². The smallest absolute Gasteiger partial charge is 0.236 e. The minimum absolute atomic E-state index is 0.391. The lowest BCUT2D eigenvalue weighted by molar-refractivity contribution is 0.681. The summed E-state index contributed by atoms with van der Waals surface area (Å²) in [7, 11) is -2.45. The monoisotopic (exact) mass is 285 g/mol. The molecule has 0 fully saturated rings. The molecule has 0 amide bonds. The molecule has 0 spiro atoms. The average molecular weight is 285 g/mol. The van der Waals surface area contributed by atoms with E-state index in [4.69, 9.17) is 0 Å². The van der Waals surface area contributed by atoms with Crippen LogP contribution < -0.4 is 5.32 Å². The van der Waals surface area contributed by atoms with E-state index < -0.39 is 9.73 Å². The standard InChI is InChI=1S/C15H15N3OS/c1-11-8-9-14-13(10-11)17-15(18-20(14,2)19)16-12-6-4-3-5-7-12/h3-10H,1-2H3,(H,16,17,18,19). The van der Waals surface area contributed by atoms with Crippen LogP contribution in [-0.4, -0.2) is 16.4 Å². The number of anilines is 1. The van der Waals surface area contributed by atoms with E-state index >= 15 is 0 Å². The highest BCUT2D eigenvalue weighted by molar-refractivity contribution is 7.93. The first-order valence-electron chi connectivity index (χ1n) is 6.28. The molecular formula is C15H15N3OS. The molecule has 0 radical (unpaired) electrons. The van der Waals surface area contributed by atoms with Crippen molar-refractivity contribution in [3.63, 3.8) is 0 Å². The van der Waals surface area contributed by atoms with E-state index in [-0.39, 0.29) is 0 Å². The fourth-order valence-electron chi connectivity index (χ4n) is 2.09. The maximum Gasteiger partial charge on any atom is 0.236 e. The van der Waals surface area contributed by atoms with Crippen molar-refractivity contribution in [3.05, 3.63) is 54.1 Å². The highest BCUT2D eigenvalue weighted by Crippen LogP contribution is 2.30. The predicted octanol–water partition coefficient (Wildman–Crippen LogP) is 3.56. The summed E-state index contributed by atoms with van der Waals surface area (Å²) in [5, 5.41) is 3.10. The number of nitrogens with one attached hydrogen (secondary N) is 1. The van der Waals surface area contributed by atoms with Gasteiger partial charge in [-0.25, -0.2) is 9.20 Å². The van der Waals surface area contributed by atoms with E-state index in [0.29, 0.717) is 10.9 Å². The Hall–Kier alpha value is -2.14.